The Bertz CT molecular complexity index is 809. The molecule has 3 nitrogen and oxygen atoms in total. The minimum absolute atomic E-state index is 0.103. The normalized spacial score (nSPS) is 10.8. The van der Waals surface area contributed by atoms with Gasteiger partial charge in [0.1, 0.15) is 0 Å². The molecule has 0 unspecified atom stereocenters. The SMILES string of the molecule is Nc1oc(=O)c2ccc(Cl)cc2c1-c1ccccc1. The van der Waals surface area contributed by atoms with Gasteiger partial charge in [0.25, 0.3) is 0 Å². The maximum absolute atomic E-state index is 11.8. The van der Waals surface area contributed by atoms with E-state index in [4.69, 9.17) is 21.8 Å². The van der Waals surface area contributed by atoms with Crippen molar-refractivity contribution < 1.29 is 4.42 Å². The summed E-state index contributed by atoms with van der Waals surface area (Å²) in [6.07, 6.45) is 0. The first-order valence-electron chi connectivity index (χ1n) is 5.74. The van der Waals surface area contributed by atoms with Gasteiger partial charge in [-0.25, -0.2) is 4.79 Å². The zero-order chi connectivity index (χ0) is 13.4. The summed E-state index contributed by atoms with van der Waals surface area (Å²) < 4.78 is 5.09. The number of nitrogen functional groups attached to an aromatic ring is 1. The Kier molecular flexibility index (Phi) is 2.76. The minimum Gasteiger partial charge on any atom is -0.406 e. The van der Waals surface area contributed by atoms with Gasteiger partial charge < -0.3 is 10.2 Å². The van der Waals surface area contributed by atoms with E-state index in [9.17, 15) is 4.79 Å². The zero-order valence-corrected chi connectivity index (χ0v) is 10.6. The summed E-state index contributed by atoms with van der Waals surface area (Å²) in [7, 11) is 0. The van der Waals surface area contributed by atoms with Crippen LogP contribution in [0.15, 0.2) is 57.7 Å². The van der Waals surface area contributed by atoms with Crippen molar-refractivity contribution in [1.82, 2.24) is 0 Å². The lowest BCUT2D eigenvalue weighted by Gasteiger charge is -2.08. The largest absolute Gasteiger partial charge is 0.406 e. The lowest BCUT2D eigenvalue weighted by Crippen LogP contribution is -2.04. The second-order valence-corrected chi connectivity index (χ2v) is 4.62. The van der Waals surface area contributed by atoms with Crippen LogP contribution in [0.2, 0.25) is 5.02 Å². The van der Waals surface area contributed by atoms with E-state index in [1.165, 1.54) is 0 Å². The molecule has 19 heavy (non-hydrogen) atoms. The van der Waals surface area contributed by atoms with Gasteiger partial charge in [-0.2, -0.15) is 0 Å². The van der Waals surface area contributed by atoms with E-state index < -0.39 is 5.63 Å². The van der Waals surface area contributed by atoms with Crippen LogP contribution < -0.4 is 11.4 Å². The highest BCUT2D eigenvalue weighted by Gasteiger charge is 2.13. The van der Waals surface area contributed by atoms with Crippen molar-refractivity contribution in [3.05, 3.63) is 64.0 Å². The molecule has 1 heterocycles. The zero-order valence-electron chi connectivity index (χ0n) is 9.89. The van der Waals surface area contributed by atoms with Gasteiger partial charge in [-0.05, 0) is 23.8 Å². The van der Waals surface area contributed by atoms with Gasteiger partial charge in [-0.15, -0.1) is 0 Å². The first-order chi connectivity index (χ1) is 9.16. The predicted octanol–water partition coefficient (Wildman–Crippen LogP) is 3.70. The summed E-state index contributed by atoms with van der Waals surface area (Å²) >= 11 is 6.01. The highest BCUT2D eigenvalue weighted by atomic mass is 35.5. The first-order valence-corrected chi connectivity index (χ1v) is 6.12. The van der Waals surface area contributed by atoms with Gasteiger partial charge in [-0.1, -0.05) is 41.9 Å². The second-order valence-electron chi connectivity index (χ2n) is 4.18. The molecule has 0 aliphatic carbocycles. The summed E-state index contributed by atoms with van der Waals surface area (Å²) in [5.74, 6) is 0.103. The van der Waals surface area contributed by atoms with E-state index in [2.05, 4.69) is 0 Å². The topological polar surface area (TPSA) is 56.2 Å². The number of fused-ring (bicyclic) bond motifs is 1. The molecule has 94 valence electrons. The Morgan fingerprint density at radius 3 is 2.47 bits per heavy atom. The average molecular weight is 272 g/mol. The summed E-state index contributed by atoms with van der Waals surface area (Å²) in [6, 6.07) is 14.6. The molecule has 3 aromatic rings. The van der Waals surface area contributed by atoms with Crippen LogP contribution in [-0.2, 0) is 0 Å². The van der Waals surface area contributed by atoms with E-state index in [-0.39, 0.29) is 5.88 Å². The lowest BCUT2D eigenvalue weighted by atomic mass is 10.0. The molecule has 0 saturated heterocycles. The highest BCUT2D eigenvalue weighted by Crippen LogP contribution is 2.33. The highest BCUT2D eigenvalue weighted by molar-refractivity contribution is 6.31. The number of rotatable bonds is 1. The van der Waals surface area contributed by atoms with Crippen molar-refractivity contribution in [3.8, 4) is 11.1 Å². The third-order valence-electron chi connectivity index (χ3n) is 2.98. The molecule has 0 spiro atoms. The average Bonchev–Trinajstić information content (AvgIpc) is 2.39. The maximum atomic E-state index is 11.8. The number of nitrogens with two attached hydrogens (primary N) is 1. The van der Waals surface area contributed by atoms with Gasteiger partial charge in [-0.3, -0.25) is 0 Å². The molecular weight excluding hydrogens is 262 g/mol. The first kappa shape index (κ1) is 11.8. The smallest absolute Gasteiger partial charge is 0.345 e. The number of anilines is 1. The van der Waals surface area contributed by atoms with E-state index in [0.717, 1.165) is 5.56 Å². The van der Waals surface area contributed by atoms with Gasteiger partial charge in [0.05, 0.1) is 10.9 Å². The monoisotopic (exact) mass is 271 g/mol. The molecule has 0 bridgehead atoms. The van der Waals surface area contributed by atoms with Crippen molar-refractivity contribution in [2.45, 2.75) is 0 Å². The Balaban J connectivity index is 2.48. The molecule has 1 aromatic heterocycles. The Morgan fingerprint density at radius 1 is 1.00 bits per heavy atom. The molecular formula is C15H10ClNO2. The van der Waals surface area contributed by atoms with Crippen molar-refractivity contribution in [1.29, 1.82) is 0 Å². The van der Waals surface area contributed by atoms with Crippen molar-refractivity contribution in [2.75, 3.05) is 5.73 Å². The third-order valence-corrected chi connectivity index (χ3v) is 3.22. The number of benzene rings is 2. The van der Waals surface area contributed by atoms with Crippen LogP contribution in [0.4, 0.5) is 5.88 Å². The third kappa shape index (κ3) is 1.98. The molecule has 3 rings (SSSR count). The summed E-state index contributed by atoms with van der Waals surface area (Å²) in [5, 5.41) is 1.72. The Labute approximate surface area is 114 Å². The van der Waals surface area contributed by atoms with Gasteiger partial charge in [0, 0.05) is 10.4 Å². The predicted molar refractivity (Wildman–Crippen MR) is 77.3 cm³/mol. The molecule has 0 radical (unpaired) electrons. The molecule has 0 aliphatic rings. The number of hydrogen-bond acceptors (Lipinski definition) is 3. The van der Waals surface area contributed by atoms with Crippen molar-refractivity contribution in [2.24, 2.45) is 0 Å². The molecule has 0 saturated carbocycles. The fourth-order valence-electron chi connectivity index (χ4n) is 2.14. The molecule has 2 aromatic carbocycles. The lowest BCUT2D eigenvalue weighted by molar-refractivity contribution is 0.541. The molecule has 0 aliphatic heterocycles. The molecule has 4 heteroatoms. The van der Waals surface area contributed by atoms with Gasteiger partial charge in [0.2, 0.25) is 5.88 Å². The number of halogens is 1. The van der Waals surface area contributed by atoms with Crippen LogP contribution in [0.1, 0.15) is 0 Å². The van der Waals surface area contributed by atoms with Crippen LogP contribution in [0, 0.1) is 0 Å². The quantitative estimate of drug-likeness (QED) is 0.734. The van der Waals surface area contributed by atoms with Crippen LogP contribution in [-0.4, -0.2) is 0 Å². The number of hydrogen-bond donors (Lipinski definition) is 1. The fraction of sp³-hybridized carbons (Fsp3) is 0. The van der Waals surface area contributed by atoms with Crippen LogP contribution in [0.3, 0.4) is 0 Å². The van der Waals surface area contributed by atoms with Crippen LogP contribution >= 0.6 is 11.6 Å². The van der Waals surface area contributed by atoms with Crippen molar-refractivity contribution in [3.63, 3.8) is 0 Å². The van der Waals surface area contributed by atoms with Crippen molar-refractivity contribution >= 4 is 28.3 Å². The maximum Gasteiger partial charge on any atom is 0.345 e. The minimum atomic E-state index is -0.455. The fourth-order valence-corrected chi connectivity index (χ4v) is 2.31. The second kappa shape index (κ2) is 4.44. The van der Waals surface area contributed by atoms with Gasteiger partial charge in [0.15, 0.2) is 0 Å². The van der Waals surface area contributed by atoms with E-state index in [1.54, 1.807) is 18.2 Å². The Morgan fingerprint density at radius 2 is 1.74 bits per heavy atom. The summed E-state index contributed by atoms with van der Waals surface area (Å²) in [6.45, 7) is 0. The summed E-state index contributed by atoms with van der Waals surface area (Å²) in [4.78, 5) is 11.8. The summed E-state index contributed by atoms with van der Waals surface area (Å²) in [5.41, 5.74) is 6.98. The Hall–Kier alpha value is -2.26. The van der Waals surface area contributed by atoms with Crippen LogP contribution in [0.25, 0.3) is 21.9 Å². The van der Waals surface area contributed by atoms with Crippen LogP contribution in [0.5, 0.6) is 0 Å². The van der Waals surface area contributed by atoms with E-state index >= 15 is 0 Å². The van der Waals surface area contributed by atoms with E-state index in [1.807, 2.05) is 30.3 Å². The molecule has 0 fully saturated rings. The molecule has 0 atom stereocenters. The van der Waals surface area contributed by atoms with Gasteiger partial charge >= 0.3 is 5.63 Å². The standard InChI is InChI=1S/C15H10ClNO2/c16-10-6-7-11-12(8-10)13(14(17)19-15(11)18)9-4-2-1-3-5-9/h1-8H,17H2. The molecule has 2 N–H and O–H groups in total. The van der Waals surface area contributed by atoms with E-state index in [0.29, 0.717) is 21.4 Å². The molecule has 0 amide bonds.